The first kappa shape index (κ1) is 36.9. The molecule has 0 amide bonds. The number of ether oxygens (including phenoxy) is 5. The summed E-state index contributed by atoms with van der Waals surface area (Å²) >= 11 is 0. The number of allylic oxidation sites excluding steroid dienone is 7. The molecule has 3 N–H and O–H groups in total. The van der Waals surface area contributed by atoms with Crippen LogP contribution in [0.3, 0.4) is 0 Å². The Morgan fingerprint density at radius 2 is 1.29 bits per heavy atom. The van der Waals surface area contributed by atoms with E-state index in [4.69, 9.17) is 29.8 Å². The first-order valence-electron chi connectivity index (χ1n) is 13.0. The first-order chi connectivity index (χ1) is 20.0. The standard InChI is InChI=1S/C28H40O13/c29-17-12-10-8-6-4-2-1-3-5-7-9-11-13-18-35-19-16-25(30)14-15-26(41-28(32)37-21-23-40-34)24-38-27(31)36-20-22-39-33/h1,3-4,6-7,9,13,18,20-23,26,29,33-34H,2,5,8,10-12,14-17,19,24H2/b3-1-,6-4-,9-7-,18-13-,22-20-,23-21-. The summed E-state index contributed by atoms with van der Waals surface area (Å²) in [6, 6.07) is 0. The summed E-state index contributed by atoms with van der Waals surface area (Å²) in [7, 11) is 0. The van der Waals surface area contributed by atoms with Crippen molar-refractivity contribution >= 4 is 18.1 Å². The van der Waals surface area contributed by atoms with Gasteiger partial charge in [0.1, 0.15) is 31.0 Å². The Hall–Kier alpha value is -4.07. The lowest BCUT2D eigenvalue weighted by Gasteiger charge is -2.16. The van der Waals surface area contributed by atoms with Gasteiger partial charge in [-0.05, 0) is 51.0 Å². The van der Waals surface area contributed by atoms with Gasteiger partial charge in [-0.25, -0.2) is 20.1 Å². The maximum atomic E-state index is 12.2. The van der Waals surface area contributed by atoms with Gasteiger partial charge in [-0.2, -0.15) is 0 Å². The fraction of sp³-hybridized carbons (Fsp3) is 0.464. The van der Waals surface area contributed by atoms with Gasteiger partial charge in [0.15, 0.2) is 12.5 Å². The molecule has 41 heavy (non-hydrogen) atoms. The third kappa shape index (κ3) is 27.3. The number of ketones is 1. The predicted molar refractivity (Wildman–Crippen MR) is 146 cm³/mol. The van der Waals surface area contributed by atoms with E-state index in [-0.39, 0.29) is 38.3 Å². The SMILES string of the molecule is O=C(CCO/C=C\C/C=C\C/C=C\C/C=C\CCCCO)CCC(COC(=O)O/C=C\OO)OC(=O)O/C=C\OO. The number of hydrogen-bond donors (Lipinski definition) is 3. The fourth-order valence-electron chi connectivity index (χ4n) is 2.77. The van der Waals surface area contributed by atoms with Crippen LogP contribution < -0.4 is 0 Å². The van der Waals surface area contributed by atoms with E-state index in [2.05, 4.69) is 43.6 Å². The lowest BCUT2D eigenvalue weighted by Crippen LogP contribution is -2.26. The second-order valence-corrected chi connectivity index (χ2v) is 7.95. The lowest BCUT2D eigenvalue weighted by atomic mass is 10.1. The molecule has 0 aliphatic carbocycles. The minimum atomic E-state index is -1.20. The van der Waals surface area contributed by atoms with E-state index < -0.39 is 25.0 Å². The van der Waals surface area contributed by atoms with Gasteiger partial charge < -0.3 is 38.6 Å². The average molecular weight is 585 g/mol. The summed E-state index contributed by atoms with van der Waals surface area (Å²) in [5.41, 5.74) is 0. The van der Waals surface area contributed by atoms with Gasteiger partial charge in [0.25, 0.3) is 0 Å². The Morgan fingerprint density at radius 1 is 0.683 bits per heavy atom. The third-order valence-electron chi connectivity index (χ3n) is 4.74. The summed E-state index contributed by atoms with van der Waals surface area (Å²) in [5.74, 6) is -0.175. The zero-order valence-corrected chi connectivity index (χ0v) is 22.9. The van der Waals surface area contributed by atoms with Crippen molar-refractivity contribution in [2.24, 2.45) is 0 Å². The van der Waals surface area contributed by atoms with Crippen molar-refractivity contribution < 1.29 is 63.5 Å². The van der Waals surface area contributed by atoms with Gasteiger partial charge in [-0.3, -0.25) is 4.79 Å². The number of aliphatic hydroxyl groups excluding tert-OH is 1. The molecule has 0 aromatic rings. The highest BCUT2D eigenvalue weighted by molar-refractivity contribution is 5.78. The van der Waals surface area contributed by atoms with Crippen LogP contribution in [0.2, 0.25) is 0 Å². The second-order valence-electron chi connectivity index (χ2n) is 7.95. The zero-order chi connectivity index (χ0) is 30.2. The molecule has 0 rings (SSSR count). The van der Waals surface area contributed by atoms with Crippen LogP contribution >= 0.6 is 0 Å². The largest absolute Gasteiger partial charge is 0.513 e. The van der Waals surface area contributed by atoms with Gasteiger partial charge in [0.2, 0.25) is 0 Å². The van der Waals surface area contributed by atoms with E-state index in [1.807, 2.05) is 18.2 Å². The highest BCUT2D eigenvalue weighted by Crippen LogP contribution is 2.09. The van der Waals surface area contributed by atoms with Gasteiger partial charge in [0, 0.05) is 19.4 Å². The number of Topliss-reactive ketones (excluding diaryl/α,β-unsaturated/α-hetero) is 1. The van der Waals surface area contributed by atoms with Crippen LogP contribution in [0, 0.1) is 0 Å². The molecule has 0 aliphatic heterocycles. The number of unbranched alkanes of at least 4 members (excludes halogenated alkanes) is 2. The monoisotopic (exact) mass is 584 g/mol. The molecule has 0 spiro atoms. The van der Waals surface area contributed by atoms with Crippen LogP contribution in [0.1, 0.15) is 57.8 Å². The van der Waals surface area contributed by atoms with Crippen LogP contribution in [0.25, 0.3) is 0 Å². The van der Waals surface area contributed by atoms with E-state index in [9.17, 15) is 14.4 Å². The highest BCUT2D eigenvalue weighted by atomic mass is 17.1. The smallest absolute Gasteiger partial charge is 0.501 e. The summed E-state index contributed by atoms with van der Waals surface area (Å²) in [5, 5.41) is 25.0. The van der Waals surface area contributed by atoms with E-state index in [1.165, 1.54) is 6.26 Å². The lowest BCUT2D eigenvalue weighted by molar-refractivity contribution is -0.188. The van der Waals surface area contributed by atoms with Gasteiger partial charge in [0.05, 0.1) is 12.9 Å². The molecule has 0 aromatic carbocycles. The Balaban J connectivity index is 4.21. The molecule has 1 unspecified atom stereocenters. The second kappa shape index (κ2) is 28.9. The number of carbonyl (C=O) groups is 3. The van der Waals surface area contributed by atoms with E-state index in [1.54, 1.807) is 0 Å². The first-order valence-corrected chi connectivity index (χ1v) is 13.0. The van der Waals surface area contributed by atoms with Crippen LogP contribution in [0.15, 0.2) is 73.8 Å². The number of hydrogen-bond acceptors (Lipinski definition) is 13. The van der Waals surface area contributed by atoms with Crippen LogP contribution in [-0.4, -0.2) is 59.6 Å². The van der Waals surface area contributed by atoms with E-state index in [0.29, 0.717) is 31.5 Å². The third-order valence-corrected chi connectivity index (χ3v) is 4.74. The minimum absolute atomic E-state index is 0.00691. The number of rotatable bonds is 24. The summed E-state index contributed by atoms with van der Waals surface area (Å²) in [6.07, 6.45) is 20.5. The fourth-order valence-corrected chi connectivity index (χ4v) is 2.77. The quantitative estimate of drug-likeness (QED) is 0.0307. The number of aliphatic hydroxyl groups is 1. The van der Waals surface area contributed by atoms with Crippen LogP contribution in [-0.2, 0) is 38.3 Å². The maximum absolute atomic E-state index is 12.2. The Labute approximate surface area is 239 Å². The van der Waals surface area contributed by atoms with Gasteiger partial charge in [-0.1, -0.05) is 36.5 Å². The zero-order valence-electron chi connectivity index (χ0n) is 22.9. The maximum Gasteiger partial charge on any atom is 0.513 e. The molecule has 0 aromatic heterocycles. The molecular weight excluding hydrogens is 544 g/mol. The molecule has 1 atom stereocenters. The van der Waals surface area contributed by atoms with Gasteiger partial charge >= 0.3 is 12.3 Å². The van der Waals surface area contributed by atoms with E-state index in [0.717, 1.165) is 32.1 Å². The highest BCUT2D eigenvalue weighted by Gasteiger charge is 2.19. The topological polar surface area (TPSA) is 177 Å². The van der Waals surface area contributed by atoms with Crippen LogP contribution in [0.4, 0.5) is 9.59 Å². The van der Waals surface area contributed by atoms with Gasteiger partial charge in [-0.15, -0.1) is 0 Å². The van der Waals surface area contributed by atoms with Crippen molar-refractivity contribution in [3.05, 3.63) is 73.8 Å². The summed E-state index contributed by atoms with van der Waals surface area (Å²) in [4.78, 5) is 42.5. The molecule has 0 fully saturated rings. The molecule has 0 heterocycles. The molecule has 13 heteroatoms. The molecule has 0 radical (unpaired) electrons. The molecule has 0 saturated carbocycles. The normalized spacial score (nSPS) is 12.6. The molecule has 0 saturated heterocycles. The summed E-state index contributed by atoms with van der Waals surface area (Å²) in [6.45, 7) is -0.0496. The average Bonchev–Trinajstić information content (AvgIpc) is 2.96. The van der Waals surface area contributed by atoms with Crippen molar-refractivity contribution in [2.45, 2.75) is 63.9 Å². The van der Waals surface area contributed by atoms with Crippen molar-refractivity contribution in [3.8, 4) is 0 Å². The van der Waals surface area contributed by atoms with Crippen molar-refractivity contribution in [1.29, 1.82) is 0 Å². The Morgan fingerprint density at radius 3 is 1.93 bits per heavy atom. The molecule has 230 valence electrons. The molecule has 0 aliphatic rings. The number of carbonyl (C=O) groups excluding carboxylic acids is 3. The predicted octanol–water partition coefficient (Wildman–Crippen LogP) is 5.85. The Bertz CT molecular complexity index is 859. The van der Waals surface area contributed by atoms with Crippen molar-refractivity contribution in [3.63, 3.8) is 0 Å². The van der Waals surface area contributed by atoms with Crippen molar-refractivity contribution in [2.75, 3.05) is 19.8 Å². The molecular formula is C28H40O13. The van der Waals surface area contributed by atoms with Crippen molar-refractivity contribution in [1.82, 2.24) is 0 Å². The molecule has 0 bridgehead atoms. The summed E-state index contributed by atoms with van der Waals surface area (Å²) < 4.78 is 24.0. The van der Waals surface area contributed by atoms with E-state index >= 15 is 0 Å². The van der Waals surface area contributed by atoms with Crippen LogP contribution in [0.5, 0.6) is 0 Å². The minimum Gasteiger partial charge on any atom is -0.501 e. The molecule has 13 nitrogen and oxygen atoms in total. The Kier molecular flexibility index (Phi) is 26.1.